The van der Waals surface area contributed by atoms with Gasteiger partial charge in [-0.2, -0.15) is 0 Å². The van der Waals surface area contributed by atoms with Crippen molar-refractivity contribution in [3.63, 3.8) is 0 Å². The average molecular weight is 287 g/mol. The molecule has 0 radical (unpaired) electrons. The van der Waals surface area contributed by atoms with Gasteiger partial charge in [0.05, 0.1) is 12.7 Å². The summed E-state index contributed by atoms with van der Waals surface area (Å²) in [5.74, 6) is -0.689. The molecule has 0 bridgehead atoms. The number of methoxy groups -OCH3 is 1. The van der Waals surface area contributed by atoms with Crippen LogP contribution in [0.4, 0.5) is 10.1 Å². The SMILES string of the molecule is COc1ccc(C(=O)Nc2c(C)cc(C)cc2C)c(F)c1. The fourth-order valence-electron chi connectivity index (χ4n) is 2.37. The first kappa shape index (κ1) is 15.0. The minimum Gasteiger partial charge on any atom is -0.497 e. The molecule has 0 fully saturated rings. The van der Waals surface area contributed by atoms with Gasteiger partial charge < -0.3 is 10.1 Å². The molecule has 4 heteroatoms. The van der Waals surface area contributed by atoms with Gasteiger partial charge in [-0.25, -0.2) is 4.39 Å². The van der Waals surface area contributed by atoms with E-state index in [2.05, 4.69) is 5.32 Å². The lowest BCUT2D eigenvalue weighted by molar-refractivity contribution is 0.102. The first-order valence-corrected chi connectivity index (χ1v) is 6.65. The van der Waals surface area contributed by atoms with E-state index < -0.39 is 11.7 Å². The van der Waals surface area contributed by atoms with Crippen LogP contribution in [0.3, 0.4) is 0 Å². The topological polar surface area (TPSA) is 38.3 Å². The molecule has 1 N–H and O–H groups in total. The van der Waals surface area contributed by atoms with Crippen LogP contribution in [0.25, 0.3) is 0 Å². The second-order valence-corrected chi connectivity index (χ2v) is 5.07. The Morgan fingerprint density at radius 2 is 1.71 bits per heavy atom. The van der Waals surface area contributed by atoms with Crippen molar-refractivity contribution in [3.8, 4) is 5.75 Å². The van der Waals surface area contributed by atoms with E-state index in [0.29, 0.717) is 5.75 Å². The molecule has 0 saturated carbocycles. The third kappa shape index (κ3) is 3.21. The molecule has 0 spiro atoms. The van der Waals surface area contributed by atoms with Gasteiger partial charge in [0.1, 0.15) is 11.6 Å². The fraction of sp³-hybridized carbons (Fsp3) is 0.235. The van der Waals surface area contributed by atoms with E-state index in [4.69, 9.17) is 4.74 Å². The van der Waals surface area contributed by atoms with Gasteiger partial charge in [-0.1, -0.05) is 17.7 Å². The monoisotopic (exact) mass is 287 g/mol. The zero-order valence-corrected chi connectivity index (χ0v) is 12.6. The van der Waals surface area contributed by atoms with E-state index >= 15 is 0 Å². The van der Waals surface area contributed by atoms with Crippen LogP contribution in [0, 0.1) is 26.6 Å². The Balaban J connectivity index is 2.30. The number of nitrogens with one attached hydrogen (secondary N) is 1. The fourth-order valence-corrected chi connectivity index (χ4v) is 2.37. The van der Waals surface area contributed by atoms with Crippen LogP contribution in [0.1, 0.15) is 27.0 Å². The van der Waals surface area contributed by atoms with Crippen LogP contribution in [-0.2, 0) is 0 Å². The van der Waals surface area contributed by atoms with E-state index in [9.17, 15) is 9.18 Å². The Hall–Kier alpha value is -2.36. The van der Waals surface area contributed by atoms with Crippen LogP contribution in [0.15, 0.2) is 30.3 Å². The third-order valence-corrected chi connectivity index (χ3v) is 3.34. The number of hydrogen-bond acceptors (Lipinski definition) is 2. The highest BCUT2D eigenvalue weighted by atomic mass is 19.1. The van der Waals surface area contributed by atoms with Gasteiger partial charge in [0.25, 0.3) is 5.91 Å². The Labute approximate surface area is 123 Å². The molecule has 0 aliphatic rings. The van der Waals surface area contributed by atoms with Crippen molar-refractivity contribution in [2.24, 2.45) is 0 Å². The number of anilines is 1. The number of ether oxygens (including phenoxy) is 1. The Morgan fingerprint density at radius 1 is 1.10 bits per heavy atom. The highest BCUT2D eigenvalue weighted by Crippen LogP contribution is 2.24. The largest absolute Gasteiger partial charge is 0.497 e. The number of carbonyl (C=O) groups is 1. The molecule has 3 nitrogen and oxygen atoms in total. The number of benzene rings is 2. The maximum Gasteiger partial charge on any atom is 0.258 e. The number of hydrogen-bond donors (Lipinski definition) is 1. The van der Waals surface area contributed by atoms with Gasteiger partial charge in [0.2, 0.25) is 0 Å². The summed E-state index contributed by atoms with van der Waals surface area (Å²) in [5.41, 5.74) is 3.75. The molecule has 0 saturated heterocycles. The van der Waals surface area contributed by atoms with Crippen LogP contribution >= 0.6 is 0 Å². The van der Waals surface area contributed by atoms with Crippen molar-refractivity contribution in [3.05, 3.63) is 58.4 Å². The molecule has 0 aliphatic heterocycles. The van der Waals surface area contributed by atoms with Crippen molar-refractivity contribution in [2.45, 2.75) is 20.8 Å². The maximum absolute atomic E-state index is 13.9. The molecule has 2 aromatic carbocycles. The number of amides is 1. The molecule has 110 valence electrons. The van der Waals surface area contributed by atoms with Gasteiger partial charge in [-0.05, 0) is 44.0 Å². The standard InChI is InChI=1S/C17H18FNO2/c1-10-7-11(2)16(12(3)8-10)19-17(20)14-6-5-13(21-4)9-15(14)18/h5-9H,1-4H3,(H,19,20). The lowest BCUT2D eigenvalue weighted by Crippen LogP contribution is -2.15. The van der Waals surface area contributed by atoms with Crippen LogP contribution < -0.4 is 10.1 Å². The normalized spacial score (nSPS) is 10.3. The van der Waals surface area contributed by atoms with E-state index in [1.807, 2.05) is 32.9 Å². The molecule has 21 heavy (non-hydrogen) atoms. The van der Waals surface area contributed by atoms with E-state index in [0.717, 1.165) is 22.4 Å². The van der Waals surface area contributed by atoms with E-state index in [1.54, 1.807) is 6.07 Å². The first-order chi connectivity index (χ1) is 9.92. The maximum atomic E-state index is 13.9. The van der Waals surface area contributed by atoms with Crippen molar-refractivity contribution < 1.29 is 13.9 Å². The summed E-state index contributed by atoms with van der Waals surface area (Å²) in [6.45, 7) is 5.83. The number of halogens is 1. The second-order valence-electron chi connectivity index (χ2n) is 5.07. The van der Waals surface area contributed by atoms with Crippen molar-refractivity contribution in [2.75, 3.05) is 12.4 Å². The minimum absolute atomic E-state index is 0.00447. The van der Waals surface area contributed by atoms with Crippen molar-refractivity contribution in [1.82, 2.24) is 0 Å². The molecule has 2 rings (SSSR count). The summed E-state index contributed by atoms with van der Waals surface area (Å²) >= 11 is 0. The Morgan fingerprint density at radius 3 is 2.24 bits per heavy atom. The predicted molar refractivity (Wildman–Crippen MR) is 81.6 cm³/mol. The quantitative estimate of drug-likeness (QED) is 0.926. The summed E-state index contributed by atoms with van der Waals surface area (Å²) in [4.78, 5) is 12.2. The molecular formula is C17H18FNO2. The summed E-state index contributed by atoms with van der Waals surface area (Å²) in [6.07, 6.45) is 0. The number of aryl methyl sites for hydroxylation is 3. The number of rotatable bonds is 3. The Kier molecular flexibility index (Phi) is 4.26. The van der Waals surface area contributed by atoms with Crippen LogP contribution in [0.5, 0.6) is 5.75 Å². The molecule has 0 aromatic heterocycles. The third-order valence-electron chi connectivity index (χ3n) is 3.34. The van der Waals surface area contributed by atoms with Gasteiger partial charge in [0.15, 0.2) is 0 Å². The zero-order chi connectivity index (χ0) is 15.6. The first-order valence-electron chi connectivity index (χ1n) is 6.65. The van der Waals surface area contributed by atoms with Crippen molar-refractivity contribution in [1.29, 1.82) is 0 Å². The predicted octanol–water partition coefficient (Wildman–Crippen LogP) is 4.01. The van der Waals surface area contributed by atoms with Crippen LogP contribution in [0.2, 0.25) is 0 Å². The summed E-state index contributed by atoms with van der Waals surface area (Å²) in [5, 5.41) is 2.78. The lowest BCUT2D eigenvalue weighted by Gasteiger charge is -2.13. The van der Waals surface area contributed by atoms with Gasteiger partial charge in [-0.15, -0.1) is 0 Å². The van der Waals surface area contributed by atoms with Gasteiger partial charge in [0, 0.05) is 11.8 Å². The summed E-state index contributed by atoms with van der Waals surface area (Å²) in [7, 11) is 1.45. The highest BCUT2D eigenvalue weighted by molar-refractivity contribution is 6.05. The lowest BCUT2D eigenvalue weighted by atomic mass is 10.0. The molecular weight excluding hydrogens is 269 g/mol. The molecule has 0 heterocycles. The van der Waals surface area contributed by atoms with Gasteiger partial charge in [-0.3, -0.25) is 4.79 Å². The average Bonchev–Trinajstić information content (AvgIpc) is 2.42. The number of carbonyl (C=O) groups excluding carboxylic acids is 1. The molecule has 0 aliphatic carbocycles. The highest BCUT2D eigenvalue weighted by Gasteiger charge is 2.15. The van der Waals surface area contributed by atoms with Crippen LogP contribution in [-0.4, -0.2) is 13.0 Å². The summed E-state index contributed by atoms with van der Waals surface area (Å²) in [6, 6.07) is 8.14. The zero-order valence-electron chi connectivity index (χ0n) is 12.6. The molecule has 0 unspecified atom stereocenters. The second kappa shape index (κ2) is 5.95. The molecule has 1 amide bonds. The van der Waals surface area contributed by atoms with E-state index in [-0.39, 0.29) is 5.56 Å². The Bertz CT molecular complexity index is 672. The minimum atomic E-state index is -0.603. The smallest absolute Gasteiger partial charge is 0.258 e. The van der Waals surface area contributed by atoms with E-state index in [1.165, 1.54) is 19.2 Å². The molecule has 0 atom stereocenters. The molecule has 2 aromatic rings. The van der Waals surface area contributed by atoms with Crippen molar-refractivity contribution >= 4 is 11.6 Å². The van der Waals surface area contributed by atoms with Gasteiger partial charge >= 0.3 is 0 Å². The summed E-state index contributed by atoms with van der Waals surface area (Å²) < 4.78 is 18.8.